The van der Waals surface area contributed by atoms with Crippen molar-refractivity contribution in [3.05, 3.63) is 24.3 Å². The zero-order valence-electron chi connectivity index (χ0n) is 39.4. The number of nitrogens with zero attached hydrogens (tertiary/aromatic N) is 1. The topological polar surface area (TPSA) is 102 Å². The van der Waals surface area contributed by atoms with E-state index in [4.69, 9.17) is 14.2 Å². The van der Waals surface area contributed by atoms with Crippen molar-refractivity contribution in [2.24, 2.45) is 0 Å². The summed E-state index contributed by atoms with van der Waals surface area (Å²) < 4.78 is 17.2. The normalized spacial score (nSPS) is 13.0. The van der Waals surface area contributed by atoms with Crippen molar-refractivity contribution in [1.29, 1.82) is 0 Å². The number of aliphatic carboxylic acids is 1. The van der Waals surface area contributed by atoms with Gasteiger partial charge in [-0.2, -0.15) is 0 Å². The molecule has 0 aromatic heterocycles. The maximum absolute atomic E-state index is 12.7. The second kappa shape index (κ2) is 42.5. The van der Waals surface area contributed by atoms with E-state index in [0.29, 0.717) is 12.8 Å². The summed E-state index contributed by atoms with van der Waals surface area (Å²) in [5.41, 5.74) is 0. The first-order chi connectivity index (χ1) is 28.6. The Bertz CT molecular complexity index is 1020. The second-order valence-corrected chi connectivity index (χ2v) is 18.1. The van der Waals surface area contributed by atoms with Crippen molar-refractivity contribution in [1.82, 2.24) is 0 Å². The Hall–Kier alpha value is -2.19. The first-order valence-electron chi connectivity index (χ1n) is 24.9. The van der Waals surface area contributed by atoms with Gasteiger partial charge in [0.25, 0.3) is 0 Å². The lowest BCUT2D eigenvalue weighted by molar-refractivity contribution is -0.889. The Kier molecular flexibility index (Phi) is 40.9. The molecule has 0 radical (unpaired) electrons. The summed E-state index contributed by atoms with van der Waals surface area (Å²) in [5.74, 6) is -1.74. The predicted octanol–water partition coefficient (Wildman–Crippen LogP) is 12.7. The zero-order valence-corrected chi connectivity index (χ0v) is 39.4. The number of quaternary nitrogens is 1. The fourth-order valence-corrected chi connectivity index (χ4v) is 7.46. The second-order valence-electron chi connectivity index (χ2n) is 18.1. The average Bonchev–Trinajstić information content (AvgIpc) is 3.19. The summed E-state index contributed by atoms with van der Waals surface area (Å²) >= 11 is 0. The lowest BCUT2D eigenvalue weighted by Gasteiger charge is -2.34. The van der Waals surface area contributed by atoms with Gasteiger partial charge in [0.1, 0.15) is 12.6 Å². The van der Waals surface area contributed by atoms with Crippen molar-refractivity contribution in [3.63, 3.8) is 0 Å². The van der Waals surface area contributed by atoms with E-state index in [2.05, 4.69) is 38.2 Å². The van der Waals surface area contributed by atoms with E-state index in [1.165, 1.54) is 128 Å². The number of unbranched alkanes of at least 4 members (excludes halogenated alkanes) is 27. The number of hydrogen-bond donors (Lipinski definition) is 0. The van der Waals surface area contributed by atoms with Gasteiger partial charge < -0.3 is 28.6 Å². The van der Waals surface area contributed by atoms with E-state index < -0.39 is 18.1 Å². The van der Waals surface area contributed by atoms with Crippen molar-refractivity contribution in [2.75, 3.05) is 41.0 Å². The number of esters is 2. The molecule has 8 nitrogen and oxygen atoms in total. The minimum absolute atomic E-state index is 0.0389. The number of carboxylic acid groups (broad SMARTS) is 1. The molecule has 0 bridgehead atoms. The monoisotopic (exact) mass is 834 g/mol. The number of carbonyl (C=O) groups is 3. The van der Waals surface area contributed by atoms with E-state index in [9.17, 15) is 19.5 Å². The first-order valence-corrected chi connectivity index (χ1v) is 24.9. The number of likely N-dealkylation sites (N-methyl/N-ethyl adjacent to an activating group) is 1. The van der Waals surface area contributed by atoms with Crippen LogP contribution in [-0.2, 0) is 28.6 Å². The summed E-state index contributed by atoms with van der Waals surface area (Å²) in [6, 6.07) is -0.726. The van der Waals surface area contributed by atoms with Crippen LogP contribution in [0.3, 0.4) is 0 Å². The van der Waals surface area contributed by atoms with Crippen LogP contribution < -0.4 is 5.11 Å². The van der Waals surface area contributed by atoms with Crippen LogP contribution in [0.15, 0.2) is 24.3 Å². The van der Waals surface area contributed by atoms with E-state index >= 15 is 0 Å². The van der Waals surface area contributed by atoms with Crippen LogP contribution in [0.25, 0.3) is 0 Å². The van der Waals surface area contributed by atoms with Crippen molar-refractivity contribution < 1.29 is 38.2 Å². The highest BCUT2D eigenvalue weighted by atomic mass is 16.6. The van der Waals surface area contributed by atoms with Crippen LogP contribution >= 0.6 is 0 Å². The third-order valence-electron chi connectivity index (χ3n) is 11.3. The number of hydrogen-bond acceptors (Lipinski definition) is 7. The van der Waals surface area contributed by atoms with Gasteiger partial charge in [-0.25, -0.2) is 0 Å². The molecule has 8 heteroatoms. The molecular formula is C51H95NO7. The molecule has 59 heavy (non-hydrogen) atoms. The van der Waals surface area contributed by atoms with Gasteiger partial charge in [-0.3, -0.25) is 9.59 Å². The molecule has 0 N–H and O–H groups in total. The quantitative estimate of drug-likeness (QED) is 0.0260. The van der Waals surface area contributed by atoms with E-state index in [-0.39, 0.29) is 42.7 Å². The molecule has 0 heterocycles. The van der Waals surface area contributed by atoms with Gasteiger partial charge in [0, 0.05) is 19.3 Å². The van der Waals surface area contributed by atoms with Crippen LogP contribution in [-0.4, -0.2) is 75.5 Å². The maximum Gasteiger partial charge on any atom is 0.306 e. The third-order valence-corrected chi connectivity index (χ3v) is 11.3. The Labute approximate surface area is 364 Å². The SMILES string of the molecule is CCC/C=C\C/C=C\CCCCCCCC(=O)OC(COCCC(C(=O)[O-])[N+](C)(C)C)COC(=O)CCCCCCCCCCCCCCCCCCCCCCCC. The van der Waals surface area contributed by atoms with Gasteiger partial charge in [0.2, 0.25) is 0 Å². The number of carbonyl (C=O) groups excluding carboxylic acids is 3. The average molecular weight is 834 g/mol. The van der Waals surface area contributed by atoms with Crippen molar-refractivity contribution in [3.8, 4) is 0 Å². The molecule has 0 spiro atoms. The molecule has 0 aliphatic carbocycles. The summed E-state index contributed by atoms with van der Waals surface area (Å²) in [6.45, 7) is 4.61. The molecule has 0 saturated heterocycles. The standard InChI is InChI=1S/C51H95NO7/c1-6-8-10-12-14-16-18-20-21-22-23-24-25-26-27-28-30-31-33-35-37-39-41-49(53)58-46-47(45-57-44-43-48(51(55)56)52(3,4)5)59-50(54)42-40-38-36-34-32-29-19-17-15-13-11-9-7-2/h11,13,17,19,47-48H,6-10,12,14-16,18,20-46H2,1-5H3/b13-11-,19-17-. The Balaban J connectivity index is 4.17. The lowest BCUT2D eigenvalue weighted by atomic mass is 10.0. The molecule has 0 aromatic carbocycles. The highest BCUT2D eigenvalue weighted by Gasteiger charge is 2.25. The minimum atomic E-state index is -1.12. The summed E-state index contributed by atoms with van der Waals surface area (Å²) in [5, 5.41) is 11.6. The van der Waals surface area contributed by atoms with Gasteiger partial charge in [-0.15, -0.1) is 0 Å². The summed E-state index contributed by atoms with van der Waals surface area (Å²) in [4.78, 5) is 36.9. The number of allylic oxidation sites excluding steroid dienone is 4. The Morgan fingerprint density at radius 3 is 1.37 bits per heavy atom. The first kappa shape index (κ1) is 56.8. The summed E-state index contributed by atoms with van der Waals surface area (Å²) in [6.07, 6.45) is 47.8. The fourth-order valence-electron chi connectivity index (χ4n) is 7.46. The predicted molar refractivity (Wildman–Crippen MR) is 245 cm³/mol. The molecular weight excluding hydrogens is 739 g/mol. The molecule has 2 atom stereocenters. The van der Waals surface area contributed by atoms with Crippen LogP contribution in [0.4, 0.5) is 0 Å². The van der Waals surface area contributed by atoms with Crippen molar-refractivity contribution >= 4 is 17.9 Å². The number of rotatable bonds is 45. The van der Waals surface area contributed by atoms with Crippen molar-refractivity contribution in [2.45, 2.75) is 244 Å². The molecule has 0 aliphatic rings. The smallest absolute Gasteiger partial charge is 0.306 e. The van der Waals surface area contributed by atoms with E-state index in [1.54, 1.807) is 21.1 Å². The van der Waals surface area contributed by atoms with Gasteiger partial charge in [0.15, 0.2) is 6.10 Å². The zero-order chi connectivity index (χ0) is 43.5. The van der Waals surface area contributed by atoms with Gasteiger partial charge in [-0.05, 0) is 38.5 Å². The molecule has 0 aliphatic heterocycles. The highest BCUT2D eigenvalue weighted by Crippen LogP contribution is 2.16. The van der Waals surface area contributed by atoms with Gasteiger partial charge >= 0.3 is 11.9 Å². The highest BCUT2D eigenvalue weighted by molar-refractivity contribution is 5.70. The van der Waals surface area contributed by atoms with E-state index in [1.807, 2.05) is 0 Å². The molecule has 0 fully saturated rings. The fraction of sp³-hybridized carbons (Fsp3) is 0.863. The van der Waals surface area contributed by atoms with Crippen LogP contribution in [0.1, 0.15) is 232 Å². The molecule has 0 rings (SSSR count). The lowest BCUT2D eigenvalue weighted by Crippen LogP contribution is -2.55. The van der Waals surface area contributed by atoms with Gasteiger partial charge in [0.05, 0.1) is 40.3 Å². The van der Waals surface area contributed by atoms with Crippen LogP contribution in [0.5, 0.6) is 0 Å². The van der Waals surface area contributed by atoms with Gasteiger partial charge in [-0.1, -0.05) is 199 Å². The molecule has 0 aromatic rings. The third kappa shape index (κ3) is 41.0. The Morgan fingerprint density at radius 1 is 0.508 bits per heavy atom. The number of carboxylic acids is 1. The molecule has 2 unspecified atom stereocenters. The Morgan fingerprint density at radius 2 is 0.932 bits per heavy atom. The molecule has 0 saturated carbocycles. The van der Waals surface area contributed by atoms with Crippen LogP contribution in [0.2, 0.25) is 0 Å². The maximum atomic E-state index is 12.7. The molecule has 346 valence electrons. The van der Waals surface area contributed by atoms with E-state index in [0.717, 1.165) is 70.6 Å². The van der Waals surface area contributed by atoms with Crippen LogP contribution in [0, 0.1) is 0 Å². The largest absolute Gasteiger partial charge is 0.544 e. The summed E-state index contributed by atoms with van der Waals surface area (Å²) in [7, 11) is 5.41. The molecule has 0 amide bonds. The number of ether oxygens (including phenoxy) is 3. The minimum Gasteiger partial charge on any atom is -0.544 e.